The topological polar surface area (TPSA) is 43.8 Å². The van der Waals surface area contributed by atoms with Crippen LogP contribution in [0.5, 0.6) is 0 Å². The van der Waals surface area contributed by atoms with E-state index in [4.69, 9.17) is 17.3 Å². The van der Waals surface area contributed by atoms with Crippen molar-refractivity contribution < 1.29 is 0 Å². The molecule has 0 spiro atoms. The fraction of sp³-hybridized carbons (Fsp3) is 0.125. The second-order valence-electron chi connectivity index (χ2n) is 2.50. The maximum Gasteiger partial charge on any atom is 0.107 e. The lowest BCUT2D eigenvalue weighted by Gasteiger charge is -1.97. The van der Waals surface area contributed by atoms with Gasteiger partial charge in [-0.1, -0.05) is 17.7 Å². The van der Waals surface area contributed by atoms with Crippen LogP contribution in [0.4, 0.5) is 0 Å². The summed E-state index contributed by atoms with van der Waals surface area (Å²) in [5.41, 5.74) is 7.28. The smallest absolute Gasteiger partial charge is 0.107 e. The molecule has 0 fully saturated rings. The second-order valence-corrected chi connectivity index (χ2v) is 2.91. The van der Waals surface area contributed by atoms with Gasteiger partial charge in [-0.25, -0.2) is 4.98 Å². The molecule has 0 unspecified atom stereocenters. The highest BCUT2D eigenvalue weighted by Gasteiger charge is 2.02. The summed E-state index contributed by atoms with van der Waals surface area (Å²) in [6.45, 7) is 0.427. The fourth-order valence-electron chi connectivity index (χ4n) is 1.20. The van der Waals surface area contributed by atoms with E-state index in [0.717, 1.165) is 11.0 Å². The molecule has 3 nitrogen and oxygen atoms in total. The summed E-state index contributed by atoms with van der Waals surface area (Å²) in [7, 11) is 0. The highest BCUT2D eigenvalue weighted by atomic mass is 35.5. The zero-order valence-electron chi connectivity index (χ0n) is 6.37. The summed E-state index contributed by atoms with van der Waals surface area (Å²) < 4.78 is 1.85. The van der Waals surface area contributed by atoms with Crippen LogP contribution >= 0.6 is 11.6 Å². The Morgan fingerprint density at radius 3 is 3.08 bits per heavy atom. The summed E-state index contributed by atoms with van der Waals surface area (Å²) in [6, 6.07) is 5.65. The van der Waals surface area contributed by atoms with E-state index >= 15 is 0 Å². The van der Waals surface area contributed by atoms with Crippen LogP contribution in [0.15, 0.2) is 24.5 Å². The van der Waals surface area contributed by atoms with Gasteiger partial charge in [0.1, 0.15) is 5.52 Å². The minimum Gasteiger partial charge on any atom is -0.317 e. The number of rotatable bonds is 1. The summed E-state index contributed by atoms with van der Waals surface area (Å²) in [4.78, 5) is 4.14. The third kappa shape index (κ3) is 0.983. The molecule has 0 saturated carbocycles. The van der Waals surface area contributed by atoms with Crippen molar-refractivity contribution >= 4 is 22.6 Å². The molecule has 1 heterocycles. The first-order valence-electron chi connectivity index (χ1n) is 3.62. The highest BCUT2D eigenvalue weighted by molar-refractivity contribution is 6.34. The van der Waals surface area contributed by atoms with Gasteiger partial charge in [0, 0.05) is 0 Å². The van der Waals surface area contributed by atoms with Crippen LogP contribution in [-0.2, 0) is 6.67 Å². The summed E-state index contributed by atoms with van der Waals surface area (Å²) in [5.74, 6) is 0. The molecule has 1 aromatic carbocycles. The quantitative estimate of drug-likeness (QED) is 0.727. The molecule has 0 atom stereocenters. The lowest BCUT2D eigenvalue weighted by atomic mass is 10.3. The van der Waals surface area contributed by atoms with Gasteiger partial charge in [0.05, 0.1) is 23.5 Å². The number of nitrogens with zero attached hydrogens (tertiary/aromatic N) is 2. The zero-order valence-corrected chi connectivity index (χ0v) is 7.12. The Balaban J connectivity index is 2.80. The van der Waals surface area contributed by atoms with E-state index in [1.807, 2.05) is 22.8 Å². The first kappa shape index (κ1) is 7.58. The zero-order chi connectivity index (χ0) is 8.55. The molecule has 62 valence electrons. The fourth-order valence-corrected chi connectivity index (χ4v) is 1.42. The van der Waals surface area contributed by atoms with Crippen molar-refractivity contribution in [3.8, 4) is 0 Å². The van der Waals surface area contributed by atoms with Crippen LogP contribution < -0.4 is 5.73 Å². The van der Waals surface area contributed by atoms with Crippen molar-refractivity contribution in [2.75, 3.05) is 0 Å². The second kappa shape index (κ2) is 2.77. The molecular weight excluding hydrogens is 174 g/mol. The molecule has 2 N–H and O–H groups in total. The molecule has 1 aromatic heterocycles. The van der Waals surface area contributed by atoms with Gasteiger partial charge in [0.15, 0.2) is 0 Å². The largest absolute Gasteiger partial charge is 0.317 e. The lowest BCUT2D eigenvalue weighted by Crippen LogP contribution is -2.04. The number of aromatic nitrogens is 2. The van der Waals surface area contributed by atoms with E-state index in [2.05, 4.69) is 4.98 Å². The maximum absolute atomic E-state index is 5.91. The van der Waals surface area contributed by atoms with E-state index in [1.165, 1.54) is 0 Å². The Bertz CT molecular complexity index is 408. The Morgan fingerprint density at radius 1 is 1.50 bits per heavy atom. The number of hydrogen-bond donors (Lipinski definition) is 1. The van der Waals surface area contributed by atoms with Gasteiger partial charge in [-0.3, -0.25) is 0 Å². The number of nitrogens with two attached hydrogens (primary N) is 1. The average Bonchev–Trinajstić information content (AvgIpc) is 2.49. The number of halogens is 1. The third-order valence-corrected chi connectivity index (χ3v) is 2.10. The maximum atomic E-state index is 5.91. The summed E-state index contributed by atoms with van der Waals surface area (Å²) in [6.07, 6.45) is 1.69. The molecule has 0 amide bonds. The Kier molecular flexibility index (Phi) is 1.75. The molecule has 2 aromatic rings. The number of para-hydroxylation sites is 1. The third-order valence-electron chi connectivity index (χ3n) is 1.80. The van der Waals surface area contributed by atoms with Gasteiger partial charge in [-0.2, -0.15) is 0 Å². The van der Waals surface area contributed by atoms with Crippen molar-refractivity contribution in [2.24, 2.45) is 5.73 Å². The minimum absolute atomic E-state index is 0.427. The Hall–Kier alpha value is -1.06. The van der Waals surface area contributed by atoms with Gasteiger partial charge >= 0.3 is 0 Å². The number of fused-ring (bicyclic) bond motifs is 1. The standard InChI is InChI=1S/C8H8ClN3/c9-6-2-1-3-7-8(6)11-5-12(7)4-10/h1-3,5H,4,10H2. The molecule has 4 heteroatoms. The van der Waals surface area contributed by atoms with Crippen molar-refractivity contribution in [3.05, 3.63) is 29.5 Å². The van der Waals surface area contributed by atoms with Crippen molar-refractivity contribution in [1.29, 1.82) is 0 Å². The molecule has 0 bridgehead atoms. The normalized spacial score (nSPS) is 10.8. The molecule has 2 rings (SSSR count). The van der Waals surface area contributed by atoms with E-state index in [9.17, 15) is 0 Å². The monoisotopic (exact) mass is 181 g/mol. The number of benzene rings is 1. The van der Waals surface area contributed by atoms with Gasteiger partial charge in [0.2, 0.25) is 0 Å². The summed E-state index contributed by atoms with van der Waals surface area (Å²) in [5, 5.41) is 0.666. The van der Waals surface area contributed by atoms with Gasteiger partial charge in [-0.15, -0.1) is 0 Å². The van der Waals surface area contributed by atoms with Gasteiger partial charge in [0.25, 0.3) is 0 Å². The van der Waals surface area contributed by atoms with E-state index < -0.39 is 0 Å². The molecule has 0 saturated heterocycles. The van der Waals surface area contributed by atoms with E-state index in [-0.39, 0.29) is 0 Å². The van der Waals surface area contributed by atoms with Crippen LogP contribution in [0.3, 0.4) is 0 Å². The van der Waals surface area contributed by atoms with Crippen LogP contribution in [0.25, 0.3) is 11.0 Å². The lowest BCUT2D eigenvalue weighted by molar-refractivity contribution is 0.755. The summed E-state index contributed by atoms with van der Waals surface area (Å²) >= 11 is 5.91. The van der Waals surface area contributed by atoms with Gasteiger partial charge in [-0.05, 0) is 12.1 Å². The van der Waals surface area contributed by atoms with Crippen molar-refractivity contribution in [3.63, 3.8) is 0 Å². The molecule has 0 aliphatic heterocycles. The molecule has 0 radical (unpaired) electrons. The Morgan fingerprint density at radius 2 is 2.33 bits per heavy atom. The molecular formula is C8H8ClN3. The predicted octanol–water partition coefficient (Wildman–Crippen LogP) is 1.61. The first-order chi connectivity index (χ1) is 5.83. The highest BCUT2D eigenvalue weighted by Crippen LogP contribution is 2.20. The van der Waals surface area contributed by atoms with Crippen LogP contribution in [-0.4, -0.2) is 9.55 Å². The number of imidazole rings is 1. The van der Waals surface area contributed by atoms with E-state index in [0.29, 0.717) is 11.7 Å². The van der Waals surface area contributed by atoms with Crippen LogP contribution in [0.2, 0.25) is 5.02 Å². The molecule has 0 aliphatic rings. The molecule has 0 aliphatic carbocycles. The van der Waals surface area contributed by atoms with Crippen LogP contribution in [0.1, 0.15) is 0 Å². The van der Waals surface area contributed by atoms with Crippen molar-refractivity contribution in [1.82, 2.24) is 9.55 Å². The average molecular weight is 182 g/mol. The van der Waals surface area contributed by atoms with Crippen LogP contribution in [0, 0.1) is 0 Å². The predicted molar refractivity (Wildman–Crippen MR) is 48.9 cm³/mol. The molecule has 12 heavy (non-hydrogen) atoms. The Labute approximate surface area is 74.8 Å². The minimum atomic E-state index is 0.427. The first-order valence-corrected chi connectivity index (χ1v) is 4.00. The number of hydrogen-bond acceptors (Lipinski definition) is 2. The van der Waals surface area contributed by atoms with E-state index in [1.54, 1.807) is 6.33 Å². The van der Waals surface area contributed by atoms with Gasteiger partial charge < -0.3 is 10.3 Å². The van der Waals surface area contributed by atoms with Crippen molar-refractivity contribution in [2.45, 2.75) is 6.67 Å². The SMILES string of the molecule is NCn1cnc2c(Cl)cccc21.